The molecule has 0 unspecified atom stereocenters. The Morgan fingerprint density at radius 2 is 0.160 bits per heavy atom. The van der Waals surface area contributed by atoms with Gasteiger partial charge in [-0.15, -0.1) is 0 Å². The Morgan fingerprint density at radius 1 is 0.160 bits per heavy atom. The average Bonchev–Trinajstić information content (AvgIpc) is 2.26. The number of rotatable bonds is 0. The van der Waals surface area contributed by atoms with E-state index in [1.165, 1.54) is 0 Å². The summed E-state index contributed by atoms with van der Waals surface area (Å²) < 4.78 is 79.9. The maximum atomic E-state index is 8.88. The van der Waals surface area contributed by atoms with Crippen LogP contribution in [0, 0.1) is 0 Å². The van der Waals surface area contributed by atoms with Crippen molar-refractivity contribution in [3.8, 4) is 0 Å². The summed E-state index contributed by atoms with van der Waals surface area (Å²) in [7, 11) is -41.8. The standard InChI is InChI=1S/5Ca.9H3O4P.10H/c;;;;;9*1-5(2,3)4;;;;;;;;;;/h;;;;;9*(H3,1,2,3,4);;;;;;;;;;/q5*+2;;;;;;;;;;10*-1. The van der Waals surface area contributed by atoms with Crippen LogP contribution in [0.2, 0.25) is 0 Å². The van der Waals surface area contributed by atoms with Crippen molar-refractivity contribution >= 4 is 259 Å². The van der Waals surface area contributed by atoms with Crippen LogP contribution in [0.5, 0.6) is 0 Å². The normalized spacial score (nSPS) is 10.6. The Kier molecular flexibility index (Phi) is 88.7. The predicted octanol–water partition coefficient (Wildman–Crippen LogP) is -9.14. The summed E-state index contributed by atoms with van der Waals surface area (Å²) in [5, 5.41) is 0. The molecule has 0 saturated heterocycles. The molecule has 36 nitrogen and oxygen atoms in total. The molecule has 0 aliphatic rings. The molecule has 0 aromatic carbocycles. The third-order valence-electron chi connectivity index (χ3n) is 0. The van der Waals surface area contributed by atoms with Gasteiger partial charge in [-0.05, 0) is 0 Å². The van der Waals surface area contributed by atoms with E-state index in [9.17, 15) is 0 Å². The zero-order chi connectivity index (χ0) is 40.5. The van der Waals surface area contributed by atoms with Crippen molar-refractivity contribution in [1.82, 2.24) is 0 Å². The monoisotopic (exact) mass is 1090 g/mol. The van der Waals surface area contributed by atoms with E-state index in [1.807, 2.05) is 0 Å². The maximum Gasteiger partial charge on any atom is 2.00 e. The number of hydrogen-bond acceptors (Lipinski definition) is 9. The first-order valence-corrected chi connectivity index (χ1v) is 21.1. The van der Waals surface area contributed by atoms with Crippen molar-refractivity contribution in [3.63, 3.8) is 0 Å². The van der Waals surface area contributed by atoms with Crippen LogP contribution in [0.15, 0.2) is 0 Å². The van der Waals surface area contributed by atoms with Gasteiger partial charge in [-0.2, -0.15) is 0 Å². The van der Waals surface area contributed by atoms with E-state index in [4.69, 9.17) is 173 Å². The molecule has 27 N–H and O–H groups in total. The van der Waals surface area contributed by atoms with Crippen LogP contribution in [-0.4, -0.2) is 321 Å². The van der Waals surface area contributed by atoms with E-state index < -0.39 is 70.4 Å². The van der Waals surface area contributed by atoms with Gasteiger partial charge in [0, 0.05) is 0 Å². The van der Waals surface area contributed by atoms with Crippen molar-refractivity contribution in [2.75, 3.05) is 0 Å². The van der Waals surface area contributed by atoms with Crippen molar-refractivity contribution in [3.05, 3.63) is 0 Å². The molecule has 0 saturated carbocycles. The molecular weight excluding hydrogens is 1060 g/mol. The van der Waals surface area contributed by atoms with Crippen LogP contribution in [0.3, 0.4) is 0 Å². The molecule has 0 aromatic heterocycles. The molecule has 0 bridgehead atoms. The van der Waals surface area contributed by atoms with E-state index in [-0.39, 0.29) is 203 Å². The van der Waals surface area contributed by atoms with Gasteiger partial charge in [0.15, 0.2) is 0 Å². The summed E-state index contributed by atoms with van der Waals surface area (Å²) in [6, 6.07) is 0. The van der Waals surface area contributed by atoms with Crippen LogP contribution in [0.25, 0.3) is 0 Å². The summed E-state index contributed by atoms with van der Waals surface area (Å²) >= 11 is 0. The molecular formula is H37Ca5O36P9. The maximum absolute atomic E-state index is 8.88. The van der Waals surface area contributed by atoms with Gasteiger partial charge in [0.1, 0.15) is 0 Å². The fourth-order valence-corrected chi connectivity index (χ4v) is 0. The summed E-state index contributed by atoms with van der Waals surface area (Å²) in [5.41, 5.74) is 0. The molecule has 0 spiro atoms. The Morgan fingerprint density at radius 3 is 0.160 bits per heavy atom. The van der Waals surface area contributed by atoms with Gasteiger partial charge >= 0.3 is 259 Å². The zero-order valence-corrected chi connectivity index (χ0v) is 42.4. The minimum absolute atomic E-state index is 0. The van der Waals surface area contributed by atoms with Crippen molar-refractivity contribution in [1.29, 1.82) is 0 Å². The van der Waals surface area contributed by atoms with Crippen molar-refractivity contribution in [2.24, 2.45) is 0 Å². The molecule has 308 valence electrons. The fraction of sp³-hybridized carbons (Fsp3) is 0. The van der Waals surface area contributed by atoms with Crippen LogP contribution in [-0.2, 0) is 41.1 Å². The van der Waals surface area contributed by atoms with Crippen molar-refractivity contribution in [2.45, 2.75) is 0 Å². The molecule has 0 amide bonds. The fourth-order valence-electron chi connectivity index (χ4n) is 0. The second-order valence-electron chi connectivity index (χ2n) is 4.62. The SMILES string of the molecule is O=P(O)(O)O.O=P(O)(O)O.O=P(O)(O)O.O=P(O)(O)O.O=P(O)(O)O.O=P(O)(O)O.O=P(O)(O)O.O=P(O)(O)O.O=P(O)(O)O.[Ca+2].[Ca+2].[Ca+2].[Ca+2].[Ca+2].[H-].[H-].[H-].[H-].[H-].[H-].[H-].[H-].[H-].[H-]. The molecule has 0 aromatic rings. The third-order valence-corrected chi connectivity index (χ3v) is 0. The van der Waals surface area contributed by atoms with Crippen molar-refractivity contribution < 1.29 is 187 Å². The Bertz CT molecular complexity index is 796. The molecule has 0 atom stereocenters. The van der Waals surface area contributed by atoms with Crippen LogP contribution in [0.1, 0.15) is 14.3 Å². The summed E-state index contributed by atoms with van der Waals surface area (Å²) in [6.07, 6.45) is 0. The minimum atomic E-state index is -4.64. The van der Waals surface area contributed by atoms with E-state index in [0.29, 0.717) is 0 Å². The molecule has 50 heteroatoms. The Hall–Kier alpha value is 7.29. The van der Waals surface area contributed by atoms with Gasteiger partial charge in [0.05, 0.1) is 0 Å². The Balaban J connectivity index is -0.0000000107. The van der Waals surface area contributed by atoms with Crippen LogP contribution < -0.4 is 0 Å². The molecule has 0 aliphatic carbocycles. The quantitative estimate of drug-likeness (QED) is 0.0791. The number of phosphoric acid groups is 9. The van der Waals surface area contributed by atoms with Crippen LogP contribution in [0.4, 0.5) is 0 Å². The summed E-state index contributed by atoms with van der Waals surface area (Å²) in [4.78, 5) is 194. The molecule has 0 radical (unpaired) electrons. The zero-order valence-electron chi connectivity index (χ0n) is 33.3. The van der Waals surface area contributed by atoms with Gasteiger partial charge in [0.25, 0.3) is 0 Å². The first kappa shape index (κ1) is 96.9. The number of hydrogen-bond donors (Lipinski definition) is 27. The van der Waals surface area contributed by atoms with E-state index in [0.717, 1.165) is 0 Å². The van der Waals surface area contributed by atoms with Gasteiger partial charge in [-0.3, -0.25) is 0 Å². The summed E-state index contributed by atoms with van der Waals surface area (Å²) in [5.74, 6) is 0. The second-order valence-corrected chi connectivity index (χ2v) is 13.9. The van der Waals surface area contributed by atoms with Gasteiger partial charge < -0.3 is 146 Å². The van der Waals surface area contributed by atoms with Gasteiger partial charge in [-0.1, -0.05) is 0 Å². The molecule has 0 rings (SSSR count). The topological polar surface area (TPSA) is 700 Å². The predicted molar refractivity (Wildman–Crippen MR) is 168 cm³/mol. The average molecular weight is 1090 g/mol. The molecule has 0 fully saturated rings. The summed E-state index contributed by atoms with van der Waals surface area (Å²) in [6.45, 7) is 0. The molecule has 0 aliphatic heterocycles. The van der Waals surface area contributed by atoms with E-state index in [1.54, 1.807) is 0 Å². The molecule has 0 heterocycles. The van der Waals surface area contributed by atoms with Gasteiger partial charge in [-0.25, -0.2) is 41.1 Å². The van der Waals surface area contributed by atoms with Gasteiger partial charge in [0.2, 0.25) is 0 Å². The minimum Gasteiger partial charge on any atom is -1.00 e. The van der Waals surface area contributed by atoms with E-state index >= 15 is 0 Å². The van der Waals surface area contributed by atoms with E-state index in [2.05, 4.69) is 0 Å². The smallest absolute Gasteiger partial charge is 1.00 e. The largest absolute Gasteiger partial charge is 2.00 e. The third kappa shape index (κ3) is 3070. The second kappa shape index (κ2) is 45.8. The first-order valence-electron chi connectivity index (χ1n) is 7.04. The molecule has 50 heavy (non-hydrogen) atoms. The van der Waals surface area contributed by atoms with Crippen LogP contribution >= 0.6 is 70.4 Å². The first-order chi connectivity index (χ1) is 18.0. The Labute approximate surface area is 439 Å².